The number of aryl methyl sites for hydroxylation is 1. The summed E-state index contributed by atoms with van der Waals surface area (Å²) in [5.41, 5.74) is 3.45. The largest absolute Gasteiger partial charge is 0.493 e. The van der Waals surface area contributed by atoms with Crippen LogP contribution >= 0.6 is 0 Å². The molecule has 2 aromatic rings. The number of fused-ring (bicyclic) bond motifs is 4. The number of hydrogen-bond donors (Lipinski definition) is 1. The molecular weight excluding hydrogens is 366 g/mol. The molecule has 29 heavy (non-hydrogen) atoms. The molecule has 1 spiro atoms. The highest BCUT2D eigenvalue weighted by Gasteiger charge is 2.40. The molecule has 0 radical (unpaired) electrons. The van der Waals surface area contributed by atoms with E-state index in [9.17, 15) is 14.7 Å². The third-order valence-corrected chi connectivity index (χ3v) is 6.94. The zero-order chi connectivity index (χ0) is 20.2. The second-order valence-electron chi connectivity index (χ2n) is 9.10. The van der Waals surface area contributed by atoms with Crippen molar-refractivity contribution in [2.45, 2.75) is 63.8 Å². The average molecular weight is 393 g/mol. The van der Waals surface area contributed by atoms with Crippen LogP contribution in [0.5, 0.6) is 5.75 Å². The van der Waals surface area contributed by atoms with Crippen molar-refractivity contribution >= 4 is 5.97 Å². The lowest BCUT2D eigenvalue weighted by atomic mass is 9.73. The van der Waals surface area contributed by atoms with Crippen molar-refractivity contribution in [1.82, 2.24) is 4.57 Å². The number of carboxylic acids is 1. The molecule has 5 heteroatoms. The van der Waals surface area contributed by atoms with Gasteiger partial charge in [-0.1, -0.05) is 19.3 Å². The van der Waals surface area contributed by atoms with Crippen molar-refractivity contribution in [3.05, 3.63) is 51.3 Å². The Kier molecular flexibility index (Phi) is 4.30. The highest BCUT2D eigenvalue weighted by Crippen LogP contribution is 2.47. The van der Waals surface area contributed by atoms with Crippen molar-refractivity contribution in [1.29, 1.82) is 0 Å². The van der Waals surface area contributed by atoms with E-state index in [0.29, 0.717) is 5.92 Å². The van der Waals surface area contributed by atoms with Crippen LogP contribution in [-0.2, 0) is 12.0 Å². The number of rotatable bonds is 4. The molecule has 1 N–H and O–H groups in total. The Morgan fingerprint density at radius 1 is 1.21 bits per heavy atom. The smallest absolute Gasteiger partial charge is 0.341 e. The molecule has 3 aliphatic rings. The lowest BCUT2D eigenvalue weighted by molar-refractivity contribution is 0.0693. The number of pyridine rings is 1. The Bertz CT molecular complexity index is 1040. The van der Waals surface area contributed by atoms with Gasteiger partial charge in [0.05, 0.1) is 12.3 Å². The standard InChI is InChI=1S/C24H27NO4/c1-15-9-18-17(10-22(15)29-14-16-5-6-16)12-24(7-3-2-4-8-24)25-13-19(23(27)28)21(26)11-20(18)25/h9-11,13,16H,2-8,12,14H2,1H3,(H,27,28). The number of carboxylic acid groups (broad SMARTS) is 1. The van der Waals surface area contributed by atoms with Gasteiger partial charge in [0.25, 0.3) is 0 Å². The number of aromatic carboxylic acids is 1. The zero-order valence-electron chi connectivity index (χ0n) is 16.9. The van der Waals surface area contributed by atoms with Crippen LogP contribution in [0.3, 0.4) is 0 Å². The minimum atomic E-state index is -1.15. The van der Waals surface area contributed by atoms with Gasteiger partial charge in [-0.3, -0.25) is 4.79 Å². The number of ether oxygens (including phenoxy) is 1. The Morgan fingerprint density at radius 3 is 2.66 bits per heavy atom. The van der Waals surface area contributed by atoms with E-state index in [1.54, 1.807) is 6.20 Å². The fraction of sp³-hybridized carbons (Fsp3) is 0.500. The molecule has 0 bridgehead atoms. The molecule has 5 rings (SSSR count). The normalized spacial score (nSPS) is 19.5. The van der Waals surface area contributed by atoms with Crippen LogP contribution in [0.25, 0.3) is 11.3 Å². The van der Waals surface area contributed by atoms with Crippen molar-refractivity contribution in [3.8, 4) is 17.0 Å². The molecule has 152 valence electrons. The van der Waals surface area contributed by atoms with E-state index >= 15 is 0 Å². The van der Waals surface area contributed by atoms with Crippen LogP contribution in [0.15, 0.2) is 29.2 Å². The fourth-order valence-corrected chi connectivity index (χ4v) is 5.12. The third-order valence-electron chi connectivity index (χ3n) is 6.94. The minimum absolute atomic E-state index is 0.136. The molecule has 1 aromatic heterocycles. The van der Waals surface area contributed by atoms with Gasteiger partial charge in [0.15, 0.2) is 5.43 Å². The molecule has 2 aliphatic carbocycles. The predicted octanol–water partition coefficient (Wildman–Crippen LogP) is 4.53. The van der Waals surface area contributed by atoms with Crippen LogP contribution in [-0.4, -0.2) is 22.2 Å². The van der Waals surface area contributed by atoms with E-state index in [-0.39, 0.29) is 11.1 Å². The molecule has 0 saturated heterocycles. The first-order valence-corrected chi connectivity index (χ1v) is 10.7. The fourth-order valence-electron chi connectivity index (χ4n) is 5.12. The Balaban J connectivity index is 1.66. The van der Waals surface area contributed by atoms with Crippen LogP contribution in [0, 0.1) is 12.8 Å². The van der Waals surface area contributed by atoms with E-state index in [1.807, 2.05) is 6.92 Å². The number of hydrogen-bond acceptors (Lipinski definition) is 3. The van der Waals surface area contributed by atoms with E-state index in [4.69, 9.17) is 4.74 Å². The summed E-state index contributed by atoms with van der Waals surface area (Å²) in [4.78, 5) is 24.2. The van der Waals surface area contributed by atoms with Crippen molar-refractivity contribution in [2.75, 3.05) is 6.61 Å². The first-order valence-electron chi connectivity index (χ1n) is 10.7. The molecule has 1 aromatic carbocycles. The van der Waals surface area contributed by atoms with Crippen molar-refractivity contribution in [2.24, 2.45) is 5.92 Å². The maximum atomic E-state index is 12.5. The summed E-state index contributed by atoms with van der Waals surface area (Å²) in [6.07, 6.45) is 10.4. The summed E-state index contributed by atoms with van der Waals surface area (Å²) >= 11 is 0. The number of nitrogens with zero attached hydrogens (tertiary/aromatic N) is 1. The molecule has 2 fully saturated rings. The van der Waals surface area contributed by atoms with Crippen LogP contribution in [0.2, 0.25) is 0 Å². The van der Waals surface area contributed by atoms with Crippen LogP contribution in [0.1, 0.15) is 66.4 Å². The lowest BCUT2D eigenvalue weighted by Gasteiger charge is -2.45. The van der Waals surface area contributed by atoms with Gasteiger partial charge in [0.2, 0.25) is 0 Å². The second kappa shape index (κ2) is 6.75. The molecule has 0 unspecified atom stereocenters. The first kappa shape index (κ1) is 18.5. The van der Waals surface area contributed by atoms with E-state index in [1.165, 1.54) is 30.9 Å². The Labute approximate surface area is 170 Å². The molecule has 0 atom stereocenters. The van der Waals surface area contributed by atoms with E-state index in [0.717, 1.165) is 61.3 Å². The molecule has 1 aliphatic heterocycles. The summed E-state index contributed by atoms with van der Waals surface area (Å²) in [5, 5.41) is 9.51. The van der Waals surface area contributed by atoms with Gasteiger partial charge in [0.1, 0.15) is 11.3 Å². The maximum Gasteiger partial charge on any atom is 0.341 e. The Morgan fingerprint density at radius 2 is 1.97 bits per heavy atom. The molecule has 5 nitrogen and oxygen atoms in total. The Hall–Kier alpha value is -2.56. The average Bonchev–Trinajstić information content (AvgIpc) is 3.52. The number of aromatic nitrogens is 1. The van der Waals surface area contributed by atoms with Gasteiger partial charge >= 0.3 is 5.97 Å². The summed E-state index contributed by atoms with van der Waals surface area (Å²) in [6, 6.07) is 5.81. The molecular formula is C24H27NO4. The monoisotopic (exact) mass is 393 g/mol. The van der Waals surface area contributed by atoms with Gasteiger partial charge in [0, 0.05) is 23.4 Å². The van der Waals surface area contributed by atoms with Gasteiger partial charge in [-0.2, -0.15) is 0 Å². The first-order chi connectivity index (χ1) is 14.0. The highest BCUT2D eigenvalue weighted by molar-refractivity contribution is 5.88. The quantitative estimate of drug-likeness (QED) is 0.829. The van der Waals surface area contributed by atoms with Crippen molar-refractivity contribution < 1.29 is 14.6 Å². The van der Waals surface area contributed by atoms with Gasteiger partial charge in [-0.25, -0.2) is 4.79 Å². The minimum Gasteiger partial charge on any atom is -0.493 e. The van der Waals surface area contributed by atoms with Crippen molar-refractivity contribution in [3.63, 3.8) is 0 Å². The summed E-state index contributed by atoms with van der Waals surface area (Å²) < 4.78 is 8.23. The van der Waals surface area contributed by atoms with Gasteiger partial charge in [-0.05, 0) is 68.2 Å². The van der Waals surface area contributed by atoms with Crippen LogP contribution < -0.4 is 10.2 Å². The predicted molar refractivity (Wildman–Crippen MR) is 111 cm³/mol. The summed E-state index contributed by atoms with van der Waals surface area (Å²) in [5.74, 6) is 0.491. The lowest BCUT2D eigenvalue weighted by Crippen LogP contribution is -2.42. The summed E-state index contributed by atoms with van der Waals surface area (Å²) in [7, 11) is 0. The topological polar surface area (TPSA) is 68.5 Å². The number of benzene rings is 1. The van der Waals surface area contributed by atoms with Crippen LogP contribution in [0.4, 0.5) is 0 Å². The highest BCUT2D eigenvalue weighted by atomic mass is 16.5. The maximum absolute atomic E-state index is 12.5. The zero-order valence-corrected chi connectivity index (χ0v) is 16.9. The number of carbonyl (C=O) groups is 1. The van der Waals surface area contributed by atoms with E-state index in [2.05, 4.69) is 16.7 Å². The summed E-state index contributed by atoms with van der Waals surface area (Å²) in [6.45, 7) is 2.82. The molecule has 2 heterocycles. The third kappa shape index (κ3) is 3.17. The van der Waals surface area contributed by atoms with E-state index < -0.39 is 11.4 Å². The van der Waals surface area contributed by atoms with Gasteiger partial charge in [-0.15, -0.1) is 0 Å². The van der Waals surface area contributed by atoms with Gasteiger partial charge < -0.3 is 14.4 Å². The SMILES string of the molecule is Cc1cc2c(cc1OCC1CC1)CC1(CCCCC1)n1cc(C(=O)O)c(=O)cc1-2. The molecule has 0 amide bonds. The second-order valence-corrected chi connectivity index (χ2v) is 9.10. The molecule has 2 saturated carbocycles.